The number of hydrogen-bond acceptors (Lipinski definition) is 2. The van der Waals surface area contributed by atoms with Gasteiger partial charge in [-0.1, -0.05) is 18.2 Å². The van der Waals surface area contributed by atoms with E-state index in [2.05, 4.69) is 23.6 Å². The lowest BCUT2D eigenvalue weighted by molar-refractivity contribution is -0.124. The van der Waals surface area contributed by atoms with Crippen molar-refractivity contribution >= 4 is 11.6 Å². The van der Waals surface area contributed by atoms with Crippen LogP contribution in [0.2, 0.25) is 0 Å². The summed E-state index contributed by atoms with van der Waals surface area (Å²) in [6.07, 6.45) is 1.03. The van der Waals surface area contributed by atoms with E-state index in [1.807, 2.05) is 18.2 Å². The highest BCUT2D eigenvalue weighted by Gasteiger charge is 2.41. The van der Waals surface area contributed by atoms with Crippen LogP contribution in [0.4, 0.5) is 5.69 Å². The normalized spacial score (nSPS) is 32.6. The summed E-state index contributed by atoms with van der Waals surface area (Å²) in [4.78, 5) is 11.8. The number of anilines is 1. The number of amides is 1. The summed E-state index contributed by atoms with van der Waals surface area (Å²) in [5, 5.41) is 6.28. The van der Waals surface area contributed by atoms with Crippen molar-refractivity contribution in [3.63, 3.8) is 0 Å². The smallest absolute Gasteiger partial charge is 0.243 e. The zero-order valence-corrected chi connectivity index (χ0v) is 8.66. The highest BCUT2D eigenvalue weighted by atomic mass is 16.2. The Bertz CT molecular complexity index is 416. The summed E-state index contributed by atoms with van der Waals surface area (Å²) >= 11 is 0. The maximum atomic E-state index is 11.8. The Hall–Kier alpha value is -1.51. The molecule has 0 bridgehead atoms. The average molecular weight is 202 g/mol. The molecule has 1 aromatic carbocycles. The Morgan fingerprint density at radius 3 is 2.93 bits per heavy atom. The lowest BCUT2D eigenvalue weighted by Gasteiger charge is -2.30. The molecule has 1 amide bonds. The Morgan fingerprint density at radius 2 is 2.07 bits per heavy atom. The second-order valence-electron chi connectivity index (χ2n) is 4.46. The van der Waals surface area contributed by atoms with Gasteiger partial charge in [0.15, 0.2) is 0 Å². The molecule has 0 aliphatic carbocycles. The molecule has 1 aromatic rings. The SMILES string of the molecule is C[C@@H]1C[C@H]2c3ccccc3N[C@H]2C(=O)N1. The molecule has 2 aliphatic heterocycles. The van der Waals surface area contributed by atoms with Crippen LogP contribution in [0.15, 0.2) is 24.3 Å². The second kappa shape index (κ2) is 2.99. The minimum Gasteiger partial charge on any atom is -0.373 e. The van der Waals surface area contributed by atoms with E-state index in [-0.39, 0.29) is 18.0 Å². The quantitative estimate of drug-likeness (QED) is 0.669. The van der Waals surface area contributed by atoms with Crippen LogP contribution in [0, 0.1) is 0 Å². The van der Waals surface area contributed by atoms with Crippen LogP contribution in [0.3, 0.4) is 0 Å². The van der Waals surface area contributed by atoms with Gasteiger partial charge in [-0.15, -0.1) is 0 Å². The van der Waals surface area contributed by atoms with Gasteiger partial charge in [0.05, 0.1) is 0 Å². The number of nitrogens with one attached hydrogen (secondary N) is 2. The van der Waals surface area contributed by atoms with E-state index < -0.39 is 0 Å². The summed E-state index contributed by atoms with van der Waals surface area (Å²) in [7, 11) is 0. The first-order valence-corrected chi connectivity index (χ1v) is 5.41. The maximum absolute atomic E-state index is 11.8. The molecule has 15 heavy (non-hydrogen) atoms. The van der Waals surface area contributed by atoms with E-state index in [4.69, 9.17) is 0 Å². The molecule has 0 saturated carbocycles. The summed E-state index contributed by atoms with van der Waals surface area (Å²) in [6.45, 7) is 2.06. The number of rotatable bonds is 0. The molecule has 0 aromatic heterocycles. The first-order chi connectivity index (χ1) is 7.25. The molecule has 2 N–H and O–H groups in total. The van der Waals surface area contributed by atoms with Gasteiger partial charge in [0, 0.05) is 17.6 Å². The maximum Gasteiger partial charge on any atom is 0.243 e. The van der Waals surface area contributed by atoms with Crippen molar-refractivity contribution in [2.75, 3.05) is 5.32 Å². The predicted molar refractivity (Wildman–Crippen MR) is 58.8 cm³/mol. The van der Waals surface area contributed by atoms with Gasteiger partial charge < -0.3 is 10.6 Å². The first-order valence-electron chi connectivity index (χ1n) is 5.41. The molecule has 0 radical (unpaired) electrons. The Morgan fingerprint density at radius 1 is 1.27 bits per heavy atom. The van der Waals surface area contributed by atoms with Crippen LogP contribution >= 0.6 is 0 Å². The van der Waals surface area contributed by atoms with Crippen molar-refractivity contribution in [3.05, 3.63) is 29.8 Å². The van der Waals surface area contributed by atoms with Gasteiger partial charge in [0.25, 0.3) is 0 Å². The molecule has 2 heterocycles. The minimum absolute atomic E-state index is 0.0569. The van der Waals surface area contributed by atoms with E-state index in [1.165, 1.54) is 5.56 Å². The molecule has 3 heteroatoms. The highest BCUT2D eigenvalue weighted by Crippen LogP contribution is 2.40. The highest BCUT2D eigenvalue weighted by molar-refractivity contribution is 5.89. The Kier molecular flexibility index (Phi) is 1.75. The van der Waals surface area contributed by atoms with Crippen LogP contribution in [0.5, 0.6) is 0 Å². The van der Waals surface area contributed by atoms with Gasteiger partial charge in [-0.3, -0.25) is 4.79 Å². The predicted octanol–water partition coefficient (Wildman–Crippen LogP) is 1.47. The minimum atomic E-state index is -0.0569. The molecule has 0 unspecified atom stereocenters. The standard InChI is InChI=1S/C12H14N2O/c1-7-6-9-8-4-2-3-5-10(8)14-11(9)12(15)13-7/h2-5,7,9,11,14H,6H2,1H3,(H,13,15)/t7-,9+,11-/m1/s1. The zero-order chi connectivity index (χ0) is 10.4. The summed E-state index contributed by atoms with van der Waals surface area (Å²) in [5.74, 6) is 0.486. The molecule has 3 nitrogen and oxygen atoms in total. The van der Waals surface area contributed by atoms with Gasteiger partial charge in [0.1, 0.15) is 6.04 Å². The number of benzene rings is 1. The van der Waals surface area contributed by atoms with Crippen LogP contribution in [-0.4, -0.2) is 18.0 Å². The fraction of sp³-hybridized carbons (Fsp3) is 0.417. The summed E-state index contributed by atoms with van der Waals surface area (Å²) in [5.41, 5.74) is 2.42. The van der Waals surface area contributed by atoms with E-state index in [9.17, 15) is 4.79 Å². The van der Waals surface area contributed by atoms with Crippen molar-refractivity contribution in [2.24, 2.45) is 0 Å². The number of carbonyl (C=O) groups is 1. The van der Waals surface area contributed by atoms with E-state index in [0.717, 1.165) is 12.1 Å². The van der Waals surface area contributed by atoms with Gasteiger partial charge in [-0.2, -0.15) is 0 Å². The van der Waals surface area contributed by atoms with E-state index in [0.29, 0.717) is 5.92 Å². The van der Waals surface area contributed by atoms with Gasteiger partial charge in [0.2, 0.25) is 5.91 Å². The lowest BCUT2D eigenvalue weighted by Crippen LogP contribution is -2.50. The van der Waals surface area contributed by atoms with Crippen LogP contribution in [0.25, 0.3) is 0 Å². The number of fused-ring (bicyclic) bond motifs is 3. The molecule has 3 rings (SSSR count). The van der Waals surface area contributed by atoms with Crippen molar-refractivity contribution in [3.8, 4) is 0 Å². The Labute approximate surface area is 88.9 Å². The monoisotopic (exact) mass is 202 g/mol. The van der Waals surface area contributed by atoms with Crippen molar-refractivity contribution in [1.29, 1.82) is 0 Å². The zero-order valence-electron chi connectivity index (χ0n) is 8.66. The molecule has 1 fully saturated rings. The van der Waals surface area contributed by atoms with Crippen LogP contribution in [-0.2, 0) is 4.79 Å². The fourth-order valence-corrected chi connectivity index (χ4v) is 2.68. The van der Waals surface area contributed by atoms with Crippen molar-refractivity contribution in [1.82, 2.24) is 5.32 Å². The third kappa shape index (κ3) is 1.23. The van der Waals surface area contributed by atoms with Crippen molar-refractivity contribution in [2.45, 2.75) is 31.3 Å². The second-order valence-corrected chi connectivity index (χ2v) is 4.46. The van der Waals surface area contributed by atoms with Gasteiger partial charge in [-0.25, -0.2) is 0 Å². The van der Waals surface area contributed by atoms with Crippen molar-refractivity contribution < 1.29 is 4.79 Å². The molecular weight excluding hydrogens is 188 g/mol. The van der Waals surface area contributed by atoms with E-state index in [1.54, 1.807) is 0 Å². The number of piperidine rings is 1. The Balaban J connectivity index is 2.02. The lowest BCUT2D eigenvalue weighted by atomic mass is 9.85. The van der Waals surface area contributed by atoms with Crippen LogP contribution < -0.4 is 10.6 Å². The summed E-state index contributed by atoms with van der Waals surface area (Å²) in [6, 6.07) is 8.44. The molecule has 0 spiro atoms. The first kappa shape index (κ1) is 8.77. The third-order valence-electron chi connectivity index (χ3n) is 3.35. The molecule has 78 valence electrons. The molecular formula is C12H14N2O. The number of carbonyl (C=O) groups excluding carboxylic acids is 1. The van der Waals surface area contributed by atoms with Gasteiger partial charge >= 0.3 is 0 Å². The number of para-hydroxylation sites is 1. The van der Waals surface area contributed by atoms with Gasteiger partial charge in [-0.05, 0) is 25.0 Å². The molecule has 2 aliphatic rings. The summed E-state index contributed by atoms with van der Waals surface area (Å²) < 4.78 is 0. The van der Waals surface area contributed by atoms with Crippen LogP contribution in [0.1, 0.15) is 24.8 Å². The topological polar surface area (TPSA) is 41.1 Å². The average Bonchev–Trinajstić information content (AvgIpc) is 2.57. The largest absolute Gasteiger partial charge is 0.373 e. The molecule has 3 atom stereocenters. The van der Waals surface area contributed by atoms with E-state index >= 15 is 0 Å². The fourth-order valence-electron chi connectivity index (χ4n) is 2.68. The number of hydrogen-bond donors (Lipinski definition) is 2. The molecule has 1 saturated heterocycles. The third-order valence-corrected chi connectivity index (χ3v) is 3.35.